The largest absolute Gasteiger partial charge is 0.366 e. The van der Waals surface area contributed by atoms with Crippen molar-refractivity contribution in [3.63, 3.8) is 0 Å². The fourth-order valence-electron chi connectivity index (χ4n) is 1.83. The molecule has 2 rings (SSSR count). The topological polar surface area (TPSA) is 82.0 Å². The van der Waals surface area contributed by atoms with E-state index in [1.54, 1.807) is 24.5 Å². The van der Waals surface area contributed by atoms with Gasteiger partial charge in [0.05, 0.1) is 0 Å². The zero-order chi connectivity index (χ0) is 12.3. The van der Waals surface area contributed by atoms with E-state index in [0.29, 0.717) is 5.56 Å². The summed E-state index contributed by atoms with van der Waals surface area (Å²) in [6.45, 7) is 0.267. The third-order valence-corrected chi connectivity index (χ3v) is 2.62. The van der Waals surface area contributed by atoms with Crippen LogP contribution in [0.15, 0.2) is 42.7 Å². The van der Waals surface area contributed by atoms with E-state index in [-0.39, 0.29) is 6.54 Å². The Kier molecular flexibility index (Phi) is 3.16. The number of nitrogens with two attached hydrogens (primary N) is 2. The quantitative estimate of drug-likeness (QED) is 0.829. The highest BCUT2D eigenvalue weighted by atomic mass is 16.1. The summed E-state index contributed by atoms with van der Waals surface area (Å²) in [4.78, 5) is 15.4. The van der Waals surface area contributed by atoms with Crippen LogP contribution < -0.4 is 11.5 Å². The van der Waals surface area contributed by atoms with E-state index < -0.39 is 5.91 Å². The van der Waals surface area contributed by atoms with Gasteiger partial charge in [0.15, 0.2) is 0 Å². The second kappa shape index (κ2) is 4.76. The lowest BCUT2D eigenvalue weighted by molar-refractivity contribution is 0.0999. The van der Waals surface area contributed by atoms with Crippen molar-refractivity contribution in [1.82, 2.24) is 4.98 Å². The number of primary amides is 1. The van der Waals surface area contributed by atoms with Crippen LogP contribution in [-0.4, -0.2) is 10.9 Å². The third kappa shape index (κ3) is 2.16. The number of rotatable bonds is 3. The fourth-order valence-corrected chi connectivity index (χ4v) is 1.83. The molecule has 0 radical (unpaired) electrons. The van der Waals surface area contributed by atoms with E-state index in [1.165, 1.54) is 0 Å². The number of hydrogen-bond acceptors (Lipinski definition) is 3. The maximum atomic E-state index is 11.3. The van der Waals surface area contributed by atoms with Crippen molar-refractivity contribution in [3.05, 3.63) is 53.9 Å². The van der Waals surface area contributed by atoms with E-state index in [4.69, 9.17) is 11.5 Å². The van der Waals surface area contributed by atoms with Crippen LogP contribution in [0.1, 0.15) is 15.9 Å². The van der Waals surface area contributed by atoms with Gasteiger partial charge in [-0.3, -0.25) is 9.78 Å². The SMILES string of the molecule is NCc1c(C(N)=O)cccc1-c1cccnc1. The van der Waals surface area contributed by atoms with Crippen LogP contribution in [0, 0.1) is 0 Å². The van der Waals surface area contributed by atoms with Gasteiger partial charge in [0.2, 0.25) is 5.91 Å². The molecule has 0 unspecified atom stereocenters. The molecule has 86 valence electrons. The van der Waals surface area contributed by atoms with Crippen LogP contribution >= 0.6 is 0 Å². The lowest BCUT2D eigenvalue weighted by Crippen LogP contribution is -2.16. The minimum atomic E-state index is -0.462. The number of benzene rings is 1. The summed E-state index contributed by atoms with van der Waals surface area (Å²) in [5.41, 5.74) is 14.1. The number of carbonyl (C=O) groups excluding carboxylic acids is 1. The van der Waals surface area contributed by atoms with Crippen LogP contribution in [0.2, 0.25) is 0 Å². The van der Waals surface area contributed by atoms with Gasteiger partial charge < -0.3 is 11.5 Å². The van der Waals surface area contributed by atoms with Crippen molar-refractivity contribution in [1.29, 1.82) is 0 Å². The summed E-state index contributed by atoms with van der Waals surface area (Å²) in [6.07, 6.45) is 3.43. The Hall–Kier alpha value is -2.20. The maximum Gasteiger partial charge on any atom is 0.249 e. The van der Waals surface area contributed by atoms with Gasteiger partial charge in [-0.25, -0.2) is 0 Å². The first-order valence-electron chi connectivity index (χ1n) is 5.26. The molecule has 4 N–H and O–H groups in total. The van der Waals surface area contributed by atoms with Crippen LogP contribution in [0.5, 0.6) is 0 Å². The number of pyridine rings is 1. The molecule has 0 spiro atoms. The average Bonchev–Trinajstić information content (AvgIpc) is 2.38. The molecule has 17 heavy (non-hydrogen) atoms. The van der Waals surface area contributed by atoms with E-state index >= 15 is 0 Å². The molecule has 4 heteroatoms. The minimum Gasteiger partial charge on any atom is -0.366 e. The molecule has 1 amide bonds. The molecule has 0 saturated heterocycles. The third-order valence-electron chi connectivity index (χ3n) is 2.62. The van der Waals surface area contributed by atoms with Crippen molar-refractivity contribution in [2.45, 2.75) is 6.54 Å². The predicted molar refractivity (Wildman–Crippen MR) is 66.1 cm³/mol. The molecule has 0 aliphatic heterocycles. The Bertz CT molecular complexity index is 538. The van der Waals surface area contributed by atoms with E-state index in [1.807, 2.05) is 18.2 Å². The van der Waals surface area contributed by atoms with Gasteiger partial charge in [-0.05, 0) is 23.3 Å². The van der Waals surface area contributed by atoms with Crippen LogP contribution in [0.25, 0.3) is 11.1 Å². The zero-order valence-corrected chi connectivity index (χ0v) is 9.26. The summed E-state index contributed by atoms with van der Waals surface area (Å²) in [7, 11) is 0. The van der Waals surface area contributed by atoms with E-state index in [2.05, 4.69) is 4.98 Å². The lowest BCUT2D eigenvalue weighted by atomic mass is 9.96. The summed E-state index contributed by atoms with van der Waals surface area (Å²) >= 11 is 0. The Labute approximate surface area is 99.3 Å². The van der Waals surface area contributed by atoms with E-state index in [0.717, 1.165) is 16.7 Å². The second-order valence-corrected chi connectivity index (χ2v) is 3.64. The van der Waals surface area contributed by atoms with Gasteiger partial charge in [-0.1, -0.05) is 18.2 Å². The molecule has 4 nitrogen and oxygen atoms in total. The van der Waals surface area contributed by atoms with Gasteiger partial charge >= 0.3 is 0 Å². The molecular weight excluding hydrogens is 214 g/mol. The number of hydrogen-bond donors (Lipinski definition) is 2. The highest BCUT2D eigenvalue weighted by Gasteiger charge is 2.12. The summed E-state index contributed by atoms with van der Waals surface area (Å²) in [5.74, 6) is -0.462. The molecule has 0 saturated carbocycles. The molecule has 1 aromatic carbocycles. The molecule has 0 aliphatic rings. The number of nitrogens with zero attached hydrogens (tertiary/aromatic N) is 1. The Morgan fingerprint density at radius 2 is 2.06 bits per heavy atom. The fraction of sp³-hybridized carbons (Fsp3) is 0.0769. The number of amides is 1. The molecule has 1 aromatic heterocycles. The predicted octanol–water partition coefficient (Wildman–Crippen LogP) is 1.31. The molecule has 0 bridgehead atoms. The Balaban J connectivity index is 2.63. The van der Waals surface area contributed by atoms with Gasteiger partial charge in [-0.2, -0.15) is 0 Å². The molecule has 0 atom stereocenters. The normalized spacial score (nSPS) is 10.2. The Morgan fingerprint density at radius 3 is 2.65 bits per heavy atom. The highest BCUT2D eigenvalue weighted by Crippen LogP contribution is 2.25. The number of carbonyl (C=O) groups is 1. The van der Waals surface area contributed by atoms with Crippen molar-refractivity contribution < 1.29 is 4.79 Å². The molecule has 1 heterocycles. The van der Waals surface area contributed by atoms with Crippen molar-refractivity contribution >= 4 is 5.91 Å². The molecule has 0 aliphatic carbocycles. The van der Waals surface area contributed by atoms with Gasteiger partial charge in [0, 0.05) is 30.1 Å². The first-order chi connectivity index (χ1) is 8.24. The average molecular weight is 227 g/mol. The smallest absolute Gasteiger partial charge is 0.249 e. The first kappa shape index (κ1) is 11.3. The van der Waals surface area contributed by atoms with Gasteiger partial charge in [0.1, 0.15) is 0 Å². The summed E-state index contributed by atoms with van der Waals surface area (Å²) < 4.78 is 0. The lowest BCUT2D eigenvalue weighted by Gasteiger charge is -2.11. The summed E-state index contributed by atoms with van der Waals surface area (Å²) in [6, 6.07) is 9.15. The van der Waals surface area contributed by atoms with Crippen molar-refractivity contribution in [2.75, 3.05) is 0 Å². The minimum absolute atomic E-state index is 0.267. The van der Waals surface area contributed by atoms with Gasteiger partial charge in [-0.15, -0.1) is 0 Å². The Morgan fingerprint density at radius 1 is 1.24 bits per heavy atom. The van der Waals surface area contributed by atoms with Crippen LogP contribution in [0.4, 0.5) is 0 Å². The summed E-state index contributed by atoms with van der Waals surface area (Å²) in [5, 5.41) is 0. The molecule has 2 aromatic rings. The highest BCUT2D eigenvalue weighted by molar-refractivity contribution is 5.96. The van der Waals surface area contributed by atoms with Crippen molar-refractivity contribution in [2.24, 2.45) is 11.5 Å². The number of aromatic nitrogens is 1. The van der Waals surface area contributed by atoms with Crippen molar-refractivity contribution in [3.8, 4) is 11.1 Å². The second-order valence-electron chi connectivity index (χ2n) is 3.64. The first-order valence-corrected chi connectivity index (χ1v) is 5.26. The molecule has 0 fully saturated rings. The van der Waals surface area contributed by atoms with Crippen LogP contribution in [0.3, 0.4) is 0 Å². The monoisotopic (exact) mass is 227 g/mol. The van der Waals surface area contributed by atoms with Gasteiger partial charge in [0.25, 0.3) is 0 Å². The van der Waals surface area contributed by atoms with E-state index in [9.17, 15) is 4.79 Å². The molecular formula is C13H13N3O. The maximum absolute atomic E-state index is 11.3. The van der Waals surface area contributed by atoms with Crippen LogP contribution in [-0.2, 0) is 6.54 Å². The zero-order valence-electron chi connectivity index (χ0n) is 9.26. The standard InChI is InChI=1S/C13H13N3O/c14-7-12-10(9-3-2-6-16-8-9)4-1-5-11(12)13(15)17/h1-6,8H,7,14H2,(H2,15,17).